The summed E-state index contributed by atoms with van der Waals surface area (Å²) in [7, 11) is 1.66. The number of methoxy groups -OCH3 is 1. The number of hydrogen-bond donors (Lipinski definition) is 2. The maximum Gasteiger partial charge on any atom is 0.0704 e. The number of aliphatic hydroxyl groups is 1. The van der Waals surface area contributed by atoms with Gasteiger partial charge in [0.25, 0.3) is 0 Å². The lowest BCUT2D eigenvalue weighted by molar-refractivity contribution is -0.00771. The molecule has 0 aromatic heterocycles. The zero-order valence-corrected chi connectivity index (χ0v) is 12.3. The lowest BCUT2D eigenvalue weighted by Gasteiger charge is -2.28. The highest BCUT2D eigenvalue weighted by Crippen LogP contribution is 2.31. The first kappa shape index (κ1) is 16.9. The Balaban J connectivity index is 2.12. The molecule has 19 heavy (non-hydrogen) atoms. The molecule has 0 amide bonds. The lowest BCUT2D eigenvalue weighted by Crippen LogP contribution is -2.47. The fourth-order valence-electron chi connectivity index (χ4n) is 2.49. The highest BCUT2D eigenvalue weighted by atomic mass is 16.5. The highest BCUT2D eigenvalue weighted by Gasteiger charge is 2.38. The van der Waals surface area contributed by atoms with Crippen LogP contribution in [0.15, 0.2) is 0 Å². The molecule has 0 aromatic carbocycles. The molecule has 0 aliphatic heterocycles. The van der Waals surface area contributed by atoms with Crippen LogP contribution in [0.1, 0.15) is 32.6 Å². The maximum absolute atomic E-state index is 9.57. The first-order valence-corrected chi connectivity index (χ1v) is 7.30. The van der Waals surface area contributed by atoms with Crippen molar-refractivity contribution in [3.05, 3.63) is 0 Å². The van der Waals surface area contributed by atoms with E-state index in [0.717, 1.165) is 32.2 Å². The third kappa shape index (κ3) is 6.19. The number of hydrogen-bond acceptors (Lipinski definition) is 5. The van der Waals surface area contributed by atoms with Gasteiger partial charge < -0.3 is 24.6 Å². The van der Waals surface area contributed by atoms with Gasteiger partial charge >= 0.3 is 0 Å². The van der Waals surface area contributed by atoms with Gasteiger partial charge in [0.15, 0.2) is 0 Å². The second-order valence-corrected chi connectivity index (χ2v) is 5.21. The molecule has 1 aliphatic carbocycles. The molecule has 0 spiro atoms. The van der Waals surface area contributed by atoms with Gasteiger partial charge in [-0.2, -0.15) is 0 Å². The second-order valence-electron chi connectivity index (χ2n) is 5.21. The lowest BCUT2D eigenvalue weighted by atomic mass is 9.98. The van der Waals surface area contributed by atoms with Gasteiger partial charge in [-0.05, 0) is 32.2 Å². The van der Waals surface area contributed by atoms with E-state index in [4.69, 9.17) is 14.2 Å². The monoisotopic (exact) mass is 275 g/mol. The van der Waals surface area contributed by atoms with Gasteiger partial charge in [-0.15, -0.1) is 0 Å². The Labute approximate surface area is 116 Å². The Morgan fingerprint density at radius 2 is 2.05 bits per heavy atom. The molecular formula is C14H29NO4. The van der Waals surface area contributed by atoms with Crippen molar-refractivity contribution in [2.45, 2.75) is 44.2 Å². The van der Waals surface area contributed by atoms with Crippen LogP contribution in [-0.2, 0) is 14.2 Å². The van der Waals surface area contributed by atoms with Crippen molar-refractivity contribution in [2.24, 2.45) is 0 Å². The van der Waals surface area contributed by atoms with Gasteiger partial charge in [0.2, 0.25) is 0 Å². The van der Waals surface area contributed by atoms with Crippen LogP contribution >= 0.6 is 0 Å². The predicted octanol–water partition coefficient (Wildman–Crippen LogP) is 0.949. The summed E-state index contributed by atoms with van der Waals surface area (Å²) in [6.07, 6.45) is 4.21. The molecule has 1 fully saturated rings. The van der Waals surface area contributed by atoms with Crippen molar-refractivity contribution in [1.82, 2.24) is 5.32 Å². The van der Waals surface area contributed by atoms with Crippen molar-refractivity contribution in [3.8, 4) is 0 Å². The fourth-order valence-corrected chi connectivity index (χ4v) is 2.49. The topological polar surface area (TPSA) is 60.0 Å². The van der Waals surface area contributed by atoms with E-state index in [9.17, 15) is 5.11 Å². The second kappa shape index (κ2) is 9.66. The van der Waals surface area contributed by atoms with Gasteiger partial charge in [-0.3, -0.25) is 0 Å². The van der Waals surface area contributed by atoms with Gasteiger partial charge in [-0.1, -0.05) is 6.92 Å². The fraction of sp³-hybridized carbons (Fsp3) is 1.00. The van der Waals surface area contributed by atoms with Crippen LogP contribution in [0.3, 0.4) is 0 Å². The summed E-state index contributed by atoms with van der Waals surface area (Å²) in [5, 5.41) is 13.0. The number of nitrogens with one attached hydrogen (secondary N) is 1. The first-order chi connectivity index (χ1) is 9.26. The van der Waals surface area contributed by atoms with Crippen molar-refractivity contribution >= 4 is 0 Å². The summed E-state index contributed by atoms with van der Waals surface area (Å²) in [6, 6.07) is 0. The molecule has 2 unspecified atom stereocenters. The smallest absolute Gasteiger partial charge is 0.0704 e. The molecule has 0 aromatic rings. The maximum atomic E-state index is 9.57. The van der Waals surface area contributed by atoms with Gasteiger partial charge in [0.1, 0.15) is 0 Å². The van der Waals surface area contributed by atoms with Gasteiger partial charge in [0.05, 0.1) is 39.1 Å². The van der Waals surface area contributed by atoms with E-state index in [-0.39, 0.29) is 18.2 Å². The van der Waals surface area contributed by atoms with Gasteiger partial charge in [0, 0.05) is 12.6 Å². The normalized spacial score (nSPS) is 27.0. The predicted molar refractivity (Wildman–Crippen MR) is 74.4 cm³/mol. The molecule has 5 heteroatoms. The van der Waals surface area contributed by atoms with Crippen LogP contribution in [0.5, 0.6) is 0 Å². The van der Waals surface area contributed by atoms with Gasteiger partial charge in [-0.25, -0.2) is 0 Å². The Bertz CT molecular complexity index is 227. The van der Waals surface area contributed by atoms with Crippen LogP contribution < -0.4 is 5.32 Å². The minimum Gasteiger partial charge on any atom is -0.394 e. The SMILES string of the molecule is CCCNC1(CO)CCC(OCCOCCOC)C1. The molecule has 2 N–H and O–H groups in total. The van der Waals surface area contributed by atoms with Crippen molar-refractivity contribution in [2.75, 3.05) is 46.7 Å². The zero-order chi connectivity index (χ0) is 14.0. The standard InChI is InChI=1S/C14H29NO4/c1-3-6-15-14(12-16)5-4-13(11-14)19-10-9-18-8-7-17-2/h13,15-16H,3-12H2,1-2H3. The largest absolute Gasteiger partial charge is 0.394 e. The molecule has 1 rings (SSSR count). The van der Waals surface area contributed by atoms with Crippen LogP contribution in [-0.4, -0.2) is 63.4 Å². The highest BCUT2D eigenvalue weighted by molar-refractivity contribution is 4.96. The van der Waals surface area contributed by atoms with E-state index in [2.05, 4.69) is 12.2 Å². The quantitative estimate of drug-likeness (QED) is 0.550. The summed E-state index contributed by atoms with van der Waals surface area (Å²) in [6.45, 7) is 5.74. The van der Waals surface area contributed by atoms with E-state index in [1.807, 2.05) is 0 Å². The Morgan fingerprint density at radius 1 is 1.26 bits per heavy atom. The van der Waals surface area contributed by atoms with E-state index >= 15 is 0 Å². The molecule has 0 saturated heterocycles. The van der Waals surface area contributed by atoms with E-state index < -0.39 is 0 Å². The average molecular weight is 275 g/mol. The summed E-state index contributed by atoms with van der Waals surface area (Å²) in [5.41, 5.74) is -0.127. The molecule has 1 saturated carbocycles. The van der Waals surface area contributed by atoms with Crippen molar-refractivity contribution < 1.29 is 19.3 Å². The third-order valence-electron chi connectivity index (χ3n) is 3.63. The van der Waals surface area contributed by atoms with Crippen molar-refractivity contribution in [1.29, 1.82) is 0 Å². The Hall–Kier alpha value is -0.200. The average Bonchev–Trinajstić information content (AvgIpc) is 2.85. The van der Waals surface area contributed by atoms with Crippen LogP contribution in [0.2, 0.25) is 0 Å². The molecule has 0 bridgehead atoms. The third-order valence-corrected chi connectivity index (χ3v) is 3.63. The molecule has 0 radical (unpaired) electrons. The minimum atomic E-state index is -0.127. The molecule has 5 nitrogen and oxygen atoms in total. The summed E-state index contributed by atoms with van der Waals surface area (Å²) >= 11 is 0. The number of aliphatic hydroxyl groups excluding tert-OH is 1. The van der Waals surface area contributed by atoms with E-state index in [1.54, 1.807) is 7.11 Å². The van der Waals surface area contributed by atoms with E-state index in [1.165, 1.54) is 0 Å². The molecule has 114 valence electrons. The van der Waals surface area contributed by atoms with Crippen LogP contribution in [0, 0.1) is 0 Å². The van der Waals surface area contributed by atoms with Crippen LogP contribution in [0.4, 0.5) is 0 Å². The van der Waals surface area contributed by atoms with Crippen LogP contribution in [0.25, 0.3) is 0 Å². The Morgan fingerprint density at radius 3 is 2.74 bits per heavy atom. The number of rotatable bonds is 11. The molecule has 1 aliphatic rings. The Kier molecular flexibility index (Phi) is 8.57. The molecule has 0 heterocycles. The summed E-state index contributed by atoms with van der Waals surface area (Å²) < 4.78 is 16.1. The van der Waals surface area contributed by atoms with E-state index in [0.29, 0.717) is 26.4 Å². The molecular weight excluding hydrogens is 246 g/mol. The minimum absolute atomic E-state index is 0.127. The summed E-state index contributed by atoms with van der Waals surface area (Å²) in [5.74, 6) is 0. The van der Waals surface area contributed by atoms with Crippen molar-refractivity contribution in [3.63, 3.8) is 0 Å². The number of ether oxygens (including phenoxy) is 3. The zero-order valence-electron chi connectivity index (χ0n) is 12.3. The first-order valence-electron chi connectivity index (χ1n) is 7.30. The summed E-state index contributed by atoms with van der Waals surface area (Å²) in [4.78, 5) is 0. The molecule has 2 atom stereocenters.